The third-order valence-electron chi connectivity index (χ3n) is 3.15. The Bertz CT molecular complexity index is 442. The molecule has 1 aliphatic rings. The van der Waals surface area contributed by atoms with Gasteiger partial charge in [0, 0.05) is 6.04 Å². The molecule has 0 saturated heterocycles. The molecule has 1 aromatic heterocycles. The quantitative estimate of drug-likeness (QED) is 0.798. The molecule has 5 nitrogen and oxygen atoms in total. The van der Waals surface area contributed by atoms with Crippen LogP contribution in [0, 0.1) is 5.92 Å². The van der Waals surface area contributed by atoms with Crippen LogP contribution in [-0.2, 0) is 4.74 Å². The van der Waals surface area contributed by atoms with Crippen LogP contribution in [0.25, 0.3) is 0 Å². The average Bonchev–Trinajstić information content (AvgIpc) is 2.29. The van der Waals surface area contributed by atoms with Crippen LogP contribution in [0.2, 0.25) is 0 Å². The highest BCUT2D eigenvalue weighted by atomic mass is 16.5. The van der Waals surface area contributed by atoms with E-state index in [-0.39, 0.29) is 5.97 Å². The Morgan fingerprint density at radius 1 is 1.61 bits per heavy atom. The predicted octanol–water partition coefficient (Wildman–Crippen LogP) is 2.05. The maximum Gasteiger partial charge on any atom is 0.340 e. The van der Waals surface area contributed by atoms with Crippen molar-refractivity contribution < 1.29 is 9.53 Å². The summed E-state index contributed by atoms with van der Waals surface area (Å²) < 4.78 is 5.02. The molecular weight excluding hydrogens is 230 g/mol. The Hall–Kier alpha value is -1.78. The van der Waals surface area contributed by atoms with Gasteiger partial charge in [-0.25, -0.2) is 9.78 Å². The van der Waals surface area contributed by atoms with Gasteiger partial charge in [-0.1, -0.05) is 6.92 Å². The minimum absolute atomic E-state index is 0.325. The highest BCUT2D eigenvalue weighted by molar-refractivity contribution is 5.96. The SMILES string of the molecule is CCOC(=O)c1cc(N)ncc1NC1CC(C)C1. The molecule has 0 amide bonds. The second kappa shape index (κ2) is 5.25. The van der Waals surface area contributed by atoms with Crippen molar-refractivity contribution in [3.63, 3.8) is 0 Å². The highest BCUT2D eigenvalue weighted by Gasteiger charge is 2.26. The maximum absolute atomic E-state index is 11.8. The van der Waals surface area contributed by atoms with Gasteiger partial charge in [0.05, 0.1) is 24.1 Å². The van der Waals surface area contributed by atoms with E-state index in [0.717, 1.165) is 18.8 Å². The van der Waals surface area contributed by atoms with Crippen molar-refractivity contribution in [1.82, 2.24) is 4.98 Å². The average molecular weight is 249 g/mol. The van der Waals surface area contributed by atoms with E-state index in [4.69, 9.17) is 10.5 Å². The lowest BCUT2D eigenvalue weighted by atomic mass is 9.82. The Morgan fingerprint density at radius 3 is 2.94 bits per heavy atom. The molecule has 2 rings (SSSR count). The summed E-state index contributed by atoms with van der Waals surface area (Å²) in [5, 5.41) is 3.33. The van der Waals surface area contributed by atoms with Crippen molar-refractivity contribution >= 4 is 17.5 Å². The third-order valence-corrected chi connectivity index (χ3v) is 3.15. The van der Waals surface area contributed by atoms with Crippen molar-refractivity contribution in [3.05, 3.63) is 17.8 Å². The standard InChI is InChI=1S/C13H19N3O2/c1-3-18-13(17)10-6-12(14)15-7-11(10)16-9-4-8(2)5-9/h6-9,16H,3-5H2,1-2H3,(H2,14,15). The van der Waals surface area contributed by atoms with Crippen molar-refractivity contribution in [2.24, 2.45) is 5.92 Å². The molecule has 0 aromatic carbocycles. The lowest BCUT2D eigenvalue weighted by molar-refractivity contribution is 0.0527. The van der Waals surface area contributed by atoms with Gasteiger partial charge >= 0.3 is 5.97 Å². The fourth-order valence-electron chi connectivity index (χ4n) is 2.20. The van der Waals surface area contributed by atoms with E-state index in [1.165, 1.54) is 0 Å². The number of hydrogen-bond acceptors (Lipinski definition) is 5. The van der Waals surface area contributed by atoms with Gasteiger partial charge in [-0.05, 0) is 31.7 Å². The molecule has 0 atom stereocenters. The molecule has 0 bridgehead atoms. The molecule has 98 valence electrons. The maximum atomic E-state index is 11.8. The molecule has 1 fully saturated rings. The van der Waals surface area contributed by atoms with Crippen LogP contribution in [0.15, 0.2) is 12.3 Å². The van der Waals surface area contributed by atoms with E-state index in [2.05, 4.69) is 17.2 Å². The fourth-order valence-corrected chi connectivity index (χ4v) is 2.20. The van der Waals surface area contributed by atoms with Gasteiger partial charge in [-0.3, -0.25) is 0 Å². The number of nitrogen functional groups attached to an aromatic ring is 1. The molecule has 0 unspecified atom stereocenters. The molecule has 18 heavy (non-hydrogen) atoms. The topological polar surface area (TPSA) is 77.2 Å². The number of nitrogens with two attached hydrogens (primary N) is 1. The van der Waals surface area contributed by atoms with Crippen LogP contribution in [0.1, 0.15) is 37.0 Å². The van der Waals surface area contributed by atoms with Crippen LogP contribution >= 0.6 is 0 Å². The summed E-state index contributed by atoms with van der Waals surface area (Å²) >= 11 is 0. The first-order chi connectivity index (χ1) is 8.60. The van der Waals surface area contributed by atoms with Crippen LogP contribution in [0.3, 0.4) is 0 Å². The number of anilines is 2. The molecule has 1 heterocycles. The van der Waals surface area contributed by atoms with Crippen molar-refractivity contribution in [3.8, 4) is 0 Å². The molecule has 1 saturated carbocycles. The molecular formula is C13H19N3O2. The second-order valence-electron chi connectivity index (χ2n) is 4.79. The van der Waals surface area contributed by atoms with Crippen molar-refractivity contribution in [1.29, 1.82) is 0 Å². The van der Waals surface area contributed by atoms with E-state index in [1.54, 1.807) is 19.2 Å². The molecule has 0 spiro atoms. The van der Waals surface area contributed by atoms with Crippen molar-refractivity contribution in [2.45, 2.75) is 32.7 Å². The number of rotatable bonds is 4. The first-order valence-corrected chi connectivity index (χ1v) is 6.29. The Kier molecular flexibility index (Phi) is 3.69. The number of carbonyl (C=O) groups is 1. The normalized spacial score (nSPS) is 22.1. The summed E-state index contributed by atoms with van der Waals surface area (Å²) in [6.07, 6.45) is 3.84. The number of hydrogen-bond donors (Lipinski definition) is 2. The molecule has 5 heteroatoms. The van der Waals surface area contributed by atoms with E-state index in [1.807, 2.05) is 0 Å². The van der Waals surface area contributed by atoms with E-state index in [9.17, 15) is 4.79 Å². The zero-order valence-electron chi connectivity index (χ0n) is 10.8. The number of nitrogens with one attached hydrogen (secondary N) is 1. The summed E-state index contributed by atoms with van der Waals surface area (Å²) in [7, 11) is 0. The number of nitrogens with zero attached hydrogens (tertiary/aromatic N) is 1. The number of carbonyl (C=O) groups excluding carboxylic acids is 1. The van der Waals surface area contributed by atoms with Crippen LogP contribution in [0.4, 0.5) is 11.5 Å². The number of aromatic nitrogens is 1. The van der Waals surface area contributed by atoms with Gasteiger partial charge in [0.2, 0.25) is 0 Å². The summed E-state index contributed by atoms with van der Waals surface area (Å²) in [5.41, 5.74) is 6.78. The third kappa shape index (κ3) is 2.72. The summed E-state index contributed by atoms with van der Waals surface area (Å²) in [5.74, 6) is 0.710. The van der Waals surface area contributed by atoms with Gasteiger partial charge in [0.15, 0.2) is 0 Å². The number of ether oxygens (including phenoxy) is 1. The number of pyridine rings is 1. The monoisotopic (exact) mass is 249 g/mol. The van der Waals surface area contributed by atoms with Gasteiger partial charge in [-0.15, -0.1) is 0 Å². The minimum atomic E-state index is -0.360. The molecule has 0 radical (unpaired) electrons. The van der Waals surface area contributed by atoms with Gasteiger partial charge in [-0.2, -0.15) is 0 Å². The zero-order chi connectivity index (χ0) is 13.1. The number of esters is 1. The Morgan fingerprint density at radius 2 is 2.33 bits per heavy atom. The summed E-state index contributed by atoms with van der Waals surface area (Å²) in [4.78, 5) is 15.8. The first-order valence-electron chi connectivity index (χ1n) is 6.29. The smallest absolute Gasteiger partial charge is 0.340 e. The van der Waals surface area contributed by atoms with Gasteiger partial charge < -0.3 is 15.8 Å². The van der Waals surface area contributed by atoms with Crippen LogP contribution in [-0.4, -0.2) is 23.6 Å². The largest absolute Gasteiger partial charge is 0.462 e. The van der Waals surface area contributed by atoms with E-state index >= 15 is 0 Å². The predicted molar refractivity (Wildman–Crippen MR) is 70.4 cm³/mol. The fraction of sp³-hybridized carbons (Fsp3) is 0.538. The van der Waals surface area contributed by atoms with E-state index in [0.29, 0.717) is 29.7 Å². The molecule has 1 aliphatic carbocycles. The van der Waals surface area contributed by atoms with Crippen LogP contribution < -0.4 is 11.1 Å². The Labute approximate surface area is 107 Å². The Balaban J connectivity index is 2.15. The van der Waals surface area contributed by atoms with Gasteiger partial charge in [0.1, 0.15) is 5.82 Å². The van der Waals surface area contributed by atoms with Crippen molar-refractivity contribution in [2.75, 3.05) is 17.7 Å². The van der Waals surface area contributed by atoms with Crippen LogP contribution in [0.5, 0.6) is 0 Å². The minimum Gasteiger partial charge on any atom is -0.462 e. The highest BCUT2D eigenvalue weighted by Crippen LogP contribution is 2.30. The molecule has 3 N–H and O–H groups in total. The van der Waals surface area contributed by atoms with E-state index < -0.39 is 0 Å². The van der Waals surface area contributed by atoms with Gasteiger partial charge in [0.25, 0.3) is 0 Å². The second-order valence-corrected chi connectivity index (χ2v) is 4.79. The summed E-state index contributed by atoms with van der Waals surface area (Å²) in [6, 6.07) is 1.97. The summed E-state index contributed by atoms with van der Waals surface area (Å²) in [6.45, 7) is 4.34. The molecule has 1 aromatic rings. The zero-order valence-corrected chi connectivity index (χ0v) is 10.8. The first kappa shape index (κ1) is 12.7. The lowest BCUT2D eigenvalue weighted by Crippen LogP contribution is -2.34. The molecule has 0 aliphatic heterocycles. The lowest BCUT2D eigenvalue weighted by Gasteiger charge is -2.34.